The first kappa shape index (κ1) is 29.0. The highest BCUT2D eigenvalue weighted by molar-refractivity contribution is 6.01. The molecular weight excluding hydrogens is 488 g/mol. The zero-order chi connectivity index (χ0) is 27.9. The molecule has 1 aromatic carbocycles. The highest BCUT2D eigenvalue weighted by atomic mass is 16.6. The number of dihydropyridines is 1. The molecular formula is C25H30N2O10. The van der Waals surface area contributed by atoms with Gasteiger partial charge in [0.1, 0.15) is 0 Å². The molecule has 1 heterocycles. The summed E-state index contributed by atoms with van der Waals surface area (Å²) in [6.07, 6.45) is -2.48. The van der Waals surface area contributed by atoms with E-state index in [4.69, 9.17) is 18.9 Å². The number of nitrogens with one attached hydrogen (secondary N) is 1. The number of ether oxygens (including phenoxy) is 4. The Morgan fingerprint density at radius 2 is 1.27 bits per heavy atom. The van der Waals surface area contributed by atoms with E-state index in [-0.39, 0.29) is 30.0 Å². The lowest BCUT2D eigenvalue weighted by atomic mass is 9.80. The highest BCUT2D eigenvalue weighted by Gasteiger charge is 2.40. The standard InChI is InChI=1S/C25H30N2O10/c1-7-34-22(28)15(5)36-24(30)19-13(3)26-14(4)20(25(31)37-16(6)23(29)35-8-2)21(19)17-9-11-18(12-10-17)27(32)33/h9-12,15-16,21,26H,7-8H2,1-6H3/t15-,16-/m0/s1. The van der Waals surface area contributed by atoms with Crippen molar-refractivity contribution in [2.45, 2.75) is 59.7 Å². The molecule has 0 amide bonds. The number of hydrogen-bond donors (Lipinski definition) is 1. The molecule has 0 aromatic heterocycles. The number of carbonyl (C=O) groups excluding carboxylic acids is 4. The average molecular weight is 519 g/mol. The maximum Gasteiger partial charge on any atom is 0.347 e. The minimum Gasteiger partial charge on any atom is -0.463 e. The van der Waals surface area contributed by atoms with E-state index in [1.165, 1.54) is 38.1 Å². The highest BCUT2D eigenvalue weighted by Crippen LogP contribution is 2.40. The van der Waals surface area contributed by atoms with Gasteiger partial charge in [0.05, 0.1) is 35.2 Å². The maximum atomic E-state index is 13.3. The van der Waals surface area contributed by atoms with Crippen LogP contribution >= 0.6 is 0 Å². The molecule has 2 atom stereocenters. The number of allylic oxidation sites excluding steroid dienone is 2. The lowest BCUT2D eigenvalue weighted by molar-refractivity contribution is -0.384. The summed E-state index contributed by atoms with van der Waals surface area (Å²) in [5.74, 6) is -4.42. The van der Waals surface area contributed by atoms with Crippen LogP contribution in [0.5, 0.6) is 0 Å². The van der Waals surface area contributed by atoms with Crippen molar-refractivity contribution in [2.24, 2.45) is 0 Å². The summed E-state index contributed by atoms with van der Waals surface area (Å²) >= 11 is 0. The number of benzene rings is 1. The summed E-state index contributed by atoms with van der Waals surface area (Å²) in [4.78, 5) is 61.2. The molecule has 0 bridgehead atoms. The number of rotatable bonds is 10. The summed E-state index contributed by atoms with van der Waals surface area (Å²) in [6.45, 7) is 9.25. The van der Waals surface area contributed by atoms with Crippen molar-refractivity contribution in [2.75, 3.05) is 13.2 Å². The zero-order valence-corrected chi connectivity index (χ0v) is 21.5. The van der Waals surface area contributed by atoms with E-state index in [0.717, 1.165) is 0 Å². The lowest BCUT2D eigenvalue weighted by Crippen LogP contribution is -2.36. The molecule has 12 heteroatoms. The van der Waals surface area contributed by atoms with E-state index in [2.05, 4.69) is 5.32 Å². The van der Waals surface area contributed by atoms with Crippen molar-refractivity contribution in [1.29, 1.82) is 0 Å². The Kier molecular flexibility index (Phi) is 9.92. The first-order chi connectivity index (χ1) is 17.4. The van der Waals surface area contributed by atoms with Crippen LogP contribution in [0.15, 0.2) is 46.8 Å². The quantitative estimate of drug-likeness (QED) is 0.210. The summed E-state index contributed by atoms with van der Waals surface area (Å²) in [6, 6.07) is 5.27. The van der Waals surface area contributed by atoms with Crippen LogP contribution < -0.4 is 5.32 Å². The first-order valence-electron chi connectivity index (χ1n) is 11.6. The van der Waals surface area contributed by atoms with E-state index in [1.54, 1.807) is 27.7 Å². The first-order valence-corrected chi connectivity index (χ1v) is 11.6. The Bertz CT molecular complexity index is 1080. The molecule has 1 aliphatic rings. The summed E-state index contributed by atoms with van der Waals surface area (Å²) in [5.41, 5.74) is 0.767. The van der Waals surface area contributed by atoms with E-state index >= 15 is 0 Å². The lowest BCUT2D eigenvalue weighted by Gasteiger charge is -2.31. The molecule has 37 heavy (non-hydrogen) atoms. The van der Waals surface area contributed by atoms with Gasteiger partial charge in [-0.1, -0.05) is 12.1 Å². The van der Waals surface area contributed by atoms with Gasteiger partial charge in [-0.2, -0.15) is 0 Å². The molecule has 1 aliphatic heterocycles. The van der Waals surface area contributed by atoms with Gasteiger partial charge in [0.25, 0.3) is 5.69 Å². The molecule has 1 N–H and O–H groups in total. The van der Waals surface area contributed by atoms with E-state index in [0.29, 0.717) is 17.0 Å². The summed E-state index contributed by atoms with van der Waals surface area (Å²) < 4.78 is 20.4. The van der Waals surface area contributed by atoms with Gasteiger partial charge in [-0.05, 0) is 47.1 Å². The predicted molar refractivity (Wildman–Crippen MR) is 129 cm³/mol. The number of hydrogen-bond acceptors (Lipinski definition) is 11. The normalized spacial score (nSPS) is 15.3. The third-order valence-electron chi connectivity index (χ3n) is 5.44. The van der Waals surface area contributed by atoms with Gasteiger partial charge < -0.3 is 24.3 Å². The minimum absolute atomic E-state index is 0.0219. The smallest absolute Gasteiger partial charge is 0.347 e. The fraction of sp³-hybridized carbons (Fsp3) is 0.440. The third kappa shape index (κ3) is 6.93. The van der Waals surface area contributed by atoms with E-state index in [9.17, 15) is 29.3 Å². The second kappa shape index (κ2) is 12.7. The van der Waals surface area contributed by atoms with Gasteiger partial charge in [-0.25, -0.2) is 19.2 Å². The van der Waals surface area contributed by atoms with Crippen LogP contribution in [0.25, 0.3) is 0 Å². The van der Waals surface area contributed by atoms with Crippen LogP contribution in [-0.2, 0) is 38.1 Å². The number of non-ortho nitro benzene ring substituents is 1. The van der Waals surface area contributed by atoms with Crippen LogP contribution in [0, 0.1) is 10.1 Å². The molecule has 0 aliphatic carbocycles. The van der Waals surface area contributed by atoms with Crippen LogP contribution in [0.2, 0.25) is 0 Å². The van der Waals surface area contributed by atoms with E-state index < -0.39 is 46.9 Å². The average Bonchev–Trinajstić information content (AvgIpc) is 2.83. The molecule has 2 rings (SSSR count). The summed E-state index contributed by atoms with van der Waals surface area (Å²) in [5, 5.41) is 14.1. The predicted octanol–water partition coefficient (Wildman–Crippen LogP) is 2.82. The van der Waals surface area contributed by atoms with Gasteiger partial charge in [-0.3, -0.25) is 10.1 Å². The van der Waals surface area contributed by atoms with Gasteiger partial charge in [0.15, 0.2) is 12.2 Å². The van der Waals surface area contributed by atoms with Gasteiger partial charge in [-0.15, -0.1) is 0 Å². The Morgan fingerprint density at radius 1 is 0.865 bits per heavy atom. The number of nitrogens with zero attached hydrogens (tertiary/aromatic N) is 1. The second-order valence-corrected chi connectivity index (χ2v) is 8.08. The third-order valence-corrected chi connectivity index (χ3v) is 5.44. The monoisotopic (exact) mass is 518 g/mol. The number of nitro groups is 1. The van der Waals surface area contributed by atoms with Crippen molar-refractivity contribution in [3.63, 3.8) is 0 Å². The van der Waals surface area contributed by atoms with Crippen molar-refractivity contribution < 1.29 is 43.0 Å². The Balaban J connectivity index is 2.55. The minimum atomic E-state index is -1.24. The fourth-order valence-corrected chi connectivity index (χ4v) is 3.72. The van der Waals surface area contributed by atoms with Gasteiger partial charge in [0.2, 0.25) is 0 Å². The van der Waals surface area contributed by atoms with Crippen molar-refractivity contribution >= 4 is 29.6 Å². The van der Waals surface area contributed by atoms with Gasteiger partial charge >= 0.3 is 23.9 Å². The van der Waals surface area contributed by atoms with Crippen molar-refractivity contribution in [3.05, 3.63) is 62.5 Å². The second-order valence-electron chi connectivity index (χ2n) is 8.08. The topological polar surface area (TPSA) is 160 Å². The summed E-state index contributed by atoms with van der Waals surface area (Å²) in [7, 11) is 0. The number of esters is 4. The molecule has 0 radical (unpaired) electrons. The van der Waals surface area contributed by atoms with Gasteiger partial charge in [0, 0.05) is 23.5 Å². The Labute approximate surface area is 213 Å². The Morgan fingerprint density at radius 3 is 1.62 bits per heavy atom. The SMILES string of the molecule is CCOC(=O)[C@H](C)OC(=O)C1=C(C)NC(C)=C(C(=O)O[C@@H](C)C(=O)OCC)C1c1ccc([N+](=O)[O-])cc1. The van der Waals surface area contributed by atoms with Crippen LogP contribution in [0.3, 0.4) is 0 Å². The molecule has 0 spiro atoms. The van der Waals surface area contributed by atoms with Crippen LogP contribution in [0.1, 0.15) is 53.0 Å². The Hall–Kier alpha value is -4.22. The number of nitro benzene ring substituents is 1. The molecule has 0 saturated heterocycles. The molecule has 1 aromatic rings. The molecule has 0 fully saturated rings. The van der Waals surface area contributed by atoms with Crippen molar-refractivity contribution in [1.82, 2.24) is 5.32 Å². The molecule has 0 unspecified atom stereocenters. The molecule has 200 valence electrons. The largest absolute Gasteiger partial charge is 0.463 e. The van der Waals surface area contributed by atoms with Crippen molar-refractivity contribution in [3.8, 4) is 0 Å². The van der Waals surface area contributed by atoms with Crippen LogP contribution in [0.4, 0.5) is 5.69 Å². The van der Waals surface area contributed by atoms with E-state index in [1.807, 2.05) is 0 Å². The maximum absolute atomic E-state index is 13.3. The fourth-order valence-electron chi connectivity index (χ4n) is 3.72. The zero-order valence-electron chi connectivity index (χ0n) is 21.5. The molecule has 0 saturated carbocycles. The number of carbonyl (C=O) groups is 4. The van der Waals surface area contributed by atoms with Crippen LogP contribution in [-0.4, -0.2) is 54.2 Å². The molecule has 12 nitrogen and oxygen atoms in total.